The second-order valence-corrected chi connectivity index (χ2v) is 6.57. The number of hydrogen-bond acceptors (Lipinski definition) is 5. The highest BCUT2D eigenvalue weighted by molar-refractivity contribution is 7.89. The van der Waals surface area contributed by atoms with Gasteiger partial charge in [-0.2, -0.15) is 4.31 Å². The van der Waals surface area contributed by atoms with Gasteiger partial charge >= 0.3 is 0 Å². The van der Waals surface area contributed by atoms with Gasteiger partial charge in [-0.3, -0.25) is 0 Å². The third-order valence-corrected chi connectivity index (χ3v) is 5.16. The molecule has 0 bridgehead atoms. The number of aromatic nitrogens is 2. The van der Waals surface area contributed by atoms with E-state index in [0.29, 0.717) is 11.0 Å². The van der Waals surface area contributed by atoms with Crippen LogP contribution < -0.4 is 5.73 Å². The van der Waals surface area contributed by atoms with Crippen LogP contribution in [0.3, 0.4) is 0 Å². The van der Waals surface area contributed by atoms with Crippen LogP contribution in [0, 0.1) is 0 Å². The molecule has 21 heavy (non-hydrogen) atoms. The van der Waals surface area contributed by atoms with Crippen LogP contribution in [0.1, 0.15) is 0 Å². The van der Waals surface area contributed by atoms with Gasteiger partial charge < -0.3 is 15.8 Å². The number of imidazole rings is 1. The molecule has 0 spiro atoms. The maximum Gasteiger partial charge on any atom is 0.243 e. The van der Waals surface area contributed by atoms with Crippen molar-refractivity contribution in [3.8, 4) is 0 Å². The van der Waals surface area contributed by atoms with E-state index in [2.05, 4.69) is 9.97 Å². The van der Waals surface area contributed by atoms with Crippen LogP contribution in [0.25, 0.3) is 11.0 Å². The molecule has 0 saturated carbocycles. The molecule has 0 aliphatic carbocycles. The van der Waals surface area contributed by atoms with Crippen LogP contribution in [0.2, 0.25) is 0 Å². The second-order valence-electron chi connectivity index (χ2n) is 4.63. The Labute approximate surface area is 134 Å². The van der Waals surface area contributed by atoms with Gasteiger partial charge in [0.05, 0.1) is 28.4 Å². The first kappa shape index (κ1) is 18.1. The van der Waals surface area contributed by atoms with Gasteiger partial charge in [0.15, 0.2) is 0 Å². The van der Waals surface area contributed by atoms with E-state index in [1.807, 2.05) is 0 Å². The Hall–Kier alpha value is -0.900. The molecule has 118 valence electrons. The predicted octanol–water partition coefficient (Wildman–Crippen LogP) is 0.0990. The van der Waals surface area contributed by atoms with Crippen LogP contribution >= 0.6 is 24.8 Å². The first-order valence-electron chi connectivity index (χ1n) is 5.85. The number of nitrogens with zero attached hydrogens (tertiary/aromatic N) is 2. The molecular formula is C11H16Cl2N4O3S. The van der Waals surface area contributed by atoms with Gasteiger partial charge in [0.1, 0.15) is 0 Å². The Balaban J connectivity index is 0.00000110. The van der Waals surface area contributed by atoms with E-state index in [4.69, 9.17) is 5.73 Å². The summed E-state index contributed by atoms with van der Waals surface area (Å²) in [5, 5.41) is 9.57. The van der Waals surface area contributed by atoms with Crippen molar-refractivity contribution in [3.63, 3.8) is 0 Å². The maximum absolute atomic E-state index is 12.4. The van der Waals surface area contributed by atoms with E-state index in [1.54, 1.807) is 6.07 Å². The molecule has 1 aliphatic heterocycles. The Bertz CT molecular complexity index is 711. The van der Waals surface area contributed by atoms with Crippen LogP contribution in [0.4, 0.5) is 0 Å². The zero-order valence-electron chi connectivity index (χ0n) is 10.8. The quantitative estimate of drug-likeness (QED) is 0.707. The zero-order valence-corrected chi connectivity index (χ0v) is 13.3. The molecular weight excluding hydrogens is 339 g/mol. The summed E-state index contributed by atoms with van der Waals surface area (Å²) in [5.41, 5.74) is 7.01. The number of nitrogens with two attached hydrogens (primary N) is 1. The lowest BCUT2D eigenvalue weighted by molar-refractivity contribution is 0.174. The molecule has 2 atom stereocenters. The fraction of sp³-hybridized carbons (Fsp3) is 0.364. The maximum atomic E-state index is 12.4. The van der Waals surface area contributed by atoms with Crippen LogP contribution in [-0.2, 0) is 10.0 Å². The molecule has 1 aliphatic rings. The molecule has 10 heteroatoms. The Morgan fingerprint density at radius 2 is 2.05 bits per heavy atom. The van der Waals surface area contributed by atoms with Gasteiger partial charge in [0.25, 0.3) is 0 Å². The van der Waals surface area contributed by atoms with Gasteiger partial charge in [-0.1, -0.05) is 0 Å². The van der Waals surface area contributed by atoms with Gasteiger partial charge in [-0.05, 0) is 18.2 Å². The minimum absolute atomic E-state index is 0. The SMILES string of the molecule is Cl.Cl.N[C@@H]1CN(S(=O)(=O)c2ccc3nc[nH]c3c2)C[C@H]1O. The van der Waals surface area contributed by atoms with Crippen molar-refractivity contribution in [3.05, 3.63) is 24.5 Å². The number of halogens is 2. The highest BCUT2D eigenvalue weighted by Gasteiger charge is 2.36. The molecule has 3 rings (SSSR count). The number of β-amino-alcohol motifs (C(OH)–C–C–N with tert-alkyl or cyclic N) is 1. The average molecular weight is 355 g/mol. The van der Waals surface area contributed by atoms with E-state index < -0.39 is 22.2 Å². The lowest BCUT2D eigenvalue weighted by Crippen LogP contribution is -2.33. The Kier molecular flexibility index (Phi) is 5.59. The van der Waals surface area contributed by atoms with Crippen molar-refractivity contribution in [2.75, 3.05) is 13.1 Å². The number of aromatic amines is 1. The largest absolute Gasteiger partial charge is 0.390 e. The number of hydrogen-bond donors (Lipinski definition) is 3. The minimum Gasteiger partial charge on any atom is -0.390 e. The first-order chi connectivity index (χ1) is 8.98. The summed E-state index contributed by atoms with van der Waals surface area (Å²) in [4.78, 5) is 7.08. The van der Waals surface area contributed by atoms with Crippen molar-refractivity contribution in [2.24, 2.45) is 5.73 Å². The van der Waals surface area contributed by atoms with Crippen molar-refractivity contribution in [1.29, 1.82) is 0 Å². The molecule has 0 amide bonds. The van der Waals surface area contributed by atoms with E-state index in [1.165, 1.54) is 22.8 Å². The van der Waals surface area contributed by atoms with Crippen molar-refractivity contribution < 1.29 is 13.5 Å². The molecule has 1 saturated heterocycles. The lowest BCUT2D eigenvalue weighted by atomic mass is 10.2. The third kappa shape index (κ3) is 3.15. The van der Waals surface area contributed by atoms with Crippen molar-refractivity contribution >= 4 is 45.9 Å². The predicted molar refractivity (Wildman–Crippen MR) is 83.3 cm³/mol. The molecule has 2 aromatic rings. The van der Waals surface area contributed by atoms with Crippen LogP contribution in [-0.4, -0.2) is 53.0 Å². The number of aliphatic hydroxyl groups excluding tert-OH is 1. The van der Waals surface area contributed by atoms with Gasteiger partial charge in [0, 0.05) is 19.1 Å². The Morgan fingerprint density at radius 3 is 2.67 bits per heavy atom. The third-order valence-electron chi connectivity index (χ3n) is 3.33. The zero-order chi connectivity index (χ0) is 13.6. The normalized spacial score (nSPS) is 22.8. The van der Waals surface area contributed by atoms with E-state index in [0.717, 1.165) is 0 Å². The summed E-state index contributed by atoms with van der Waals surface area (Å²) in [6.07, 6.45) is 0.696. The van der Waals surface area contributed by atoms with Gasteiger partial charge in [0.2, 0.25) is 10.0 Å². The van der Waals surface area contributed by atoms with E-state index in [-0.39, 0.29) is 42.8 Å². The number of aliphatic hydroxyl groups is 1. The highest BCUT2D eigenvalue weighted by atomic mass is 35.5. The summed E-state index contributed by atoms with van der Waals surface area (Å²) in [6, 6.07) is 4.15. The number of benzene rings is 1. The fourth-order valence-corrected chi connectivity index (χ4v) is 3.72. The topological polar surface area (TPSA) is 112 Å². The summed E-state index contributed by atoms with van der Waals surface area (Å²) < 4.78 is 26.0. The Morgan fingerprint density at radius 1 is 1.33 bits per heavy atom. The van der Waals surface area contributed by atoms with Crippen LogP contribution in [0.15, 0.2) is 29.4 Å². The van der Waals surface area contributed by atoms with E-state index >= 15 is 0 Å². The molecule has 4 N–H and O–H groups in total. The minimum atomic E-state index is -3.63. The molecule has 1 fully saturated rings. The molecule has 7 nitrogen and oxygen atoms in total. The average Bonchev–Trinajstić information content (AvgIpc) is 2.96. The molecule has 0 radical (unpaired) electrons. The van der Waals surface area contributed by atoms with E-state index in [9.17, 15) is 13.5 Å². The number of rotatable bonds is 2. The first-order valence-corrected chi connectivity index (χ1v) is 7.29. The number of fused-ring (bicyclic) bond motifs is 1. The molecule has 0 unspecified atom stereocenters. The highest BCUT2D eigenvalue weighted by Crippen LogP contribution is 2.23. The summed E-state index contributed by atoms with van der Waals surface area (Å²) >= 11 is 0. The molecule has 1 aromatic carbocycles. The fourth-order valence-electron chi connectivity index (χ4n) is 2.20. The van der Waals surface area contributed by atoms with Crippen molar-refractivity contribution in [2.45, 2.75) is 17.0 Å². The number of H-pyrrole nitrogens is 1. The summed E-state index contributed by atoms with van der Waals surface area (Å²) in [7, 11) is -3.63. The molecule has 2 heterocycles. The lowest BCUT2D eigenvalue weighted by Gasteiger charge is -2.15. The molecule has 1 aromatic heterocycles. The monoisotopic (exact) mass is 354 g/mol. The van der Waals surface area contributed by atoms with Crippen molar-refractivity contribution in [1.82, 2.24) is 14.3 Å². The van der Waals surface area contributed by atoms with Crippen LogP contribution in [0.5, 0.6) is 0 Å². The number of nitrogens with one attached hydrogen (secondary N) is 1. The summed E-state index contributed by atoms with van der Waals surface area (Å²) in [5.74, 6) is 0. The van der Waals surface area contributed by atoms with Gasteiger partial charge in [-0.25, -0.2) is 13.4 Å². The number of sulfonamides is 1. The summed E-state index contributed by atoms with van der Waals surface area (Å²) in [6.45, 7) is 0.162. The smallest absolute Gasteiger partial charge is 0.243 e. The second kappa shape index (κ2) is 6.47. The van der Waals surface area contributed by atoms with Gasteiger partial charge in [-0.15, -0.1) is 24.8 Å². The standard InChI is InChI=1S/C11H14N4O3S.2ClH/c12-8-4-15(5-11(8)16)19(17,18)7-1-2-9-10(3-7)14-6-13-9;;/h1-3,6,8,11,16H,4-5,12H2,(H,13,14);2*1H/t8-,11-;;/m1../s1.